The third kappa shape index (κ3) is 12.2. The summed E-state index contributed by atoms with van der Waals surface area (Å²) >= 11 is 0. The summed E-state index contributed by atoms with van der Waals surface area (Å²) in [5, 5.41) is 2.81. The van der Waals surface area contributed by atoms with Crippen molar-refractivity contribution in [2.24, 2.45) is 5.41 Å². The number of anilines is 1. The van der Waals surface area contributed by atoms with E-state index in [9.17, 15) is 14.4 Å². The van der Waals surface area contributed by atoms with Crippen LogP contribution in [0.5, 0.6) is 17.2 Å². The first-order chi connectivity index (χ1) is 22.8. The second-order valence-corrected chi connectivity index (χ2v) is 11.2. The van der Waals surface area contributed by atoms with Gasteiger partial charge in [0.1, 0.15) is 30.5 Å². The van der Waals surface area contributed by atoms with Gasteiger partial charge < -0.3 is 38.5 Å². The Labute approximate surface area is 274 Å². The van der Waals surface area contributed by atoms with Gasteiger partial charge in [0, 0.05) is 29.3 Å². The zero-order chi connectivity index (χ0) is 33.3. The number of benzene rings is 3. The Hall–Kier alpha value is -4.71. The average molecular weight is 648 g/mol. The van der Waals surface area contributed by atoms with Gasteiger partial charge in [0.2, 0.25) is 0 Å². The van der Waals surface area contributed by atoms with Crippen LogP contribution in [-0.4, -0.2) is 77.3 Å². The number of amides is 1. The normalized spacial score (nSPS) is 13.1. The zero-order valence-corrected chi connectivity index (χ0v) is 26.6. The van der Waals surface area contributed by atoms with Crippen molar-refractivity contribution in [2.75, 3.05) is 64.8 Å². The van der Waals surface area contributed by atoms with Crippen molar-refractivity contribution in [3.8, 4) is 17.2 Å². The smallest absolute Gasteiger partial charge is 0.343 e. The molecule has 0 saturated carbocycles. The summed E-state index contributed by atoms with van der Waals surface area (Å²) in [5.74, 6) is 0.305. The fraction of sp³-hybridized carbons (Fsp3) is 0.361. The van der Waals surface area contributed by atoms with Crippen molar-refractivity contribution < 1.29 is 47.5 Å². The van der Waals surface area contributed by atoms with Crippen molar-refractivity contribution in [3.63, 3.8) is 0 Å². The van der Waals surface area contributed by atoms with E-state index in [-0.39, 0.29) is 24.5 Å². The van der Waals surface area contributed by atoms with E-state index >= 15 is 0 Å². The number of hydrogen-bond donors (Lipinski definition) is 1. The third-order valence-corrected chi connectivity index (χ3v) is 6.97. The number of unbranched alkanes of at least 4 members (excludes halogenated alkanes) is 1. The van der Waals surface area contributed by atoms with Gasteiger partial charge in [0.25, 0.3) is 5.91 Å². The summed E-state index contributed by atoms with van der Waals surface area (Å²) in [6.07, 6.45) is 2.87. The van der Waals surface area contributed by atoms with Crippen molar-refractivity contribution in [2.45, 2.75) is 19.8 Å². The van der Waals surface area contributed by atoms with Gasteiger partial charge >= 0.3 is 11.9 Å². The molecule has 0 spiro atoms. The number of carbonyl (C=O) groups is 3. The topological polar surface area (TPSA) is 128 Å². The molecule has 0 bridgehead atoms. The summed E-state index contributed by atoms with van der Waals surface area (Å²) in [5.41, 5.74) is 1.54. The molecule has 0 aromatic heterocycles. The maximum absolute atomic E-state index is 12.7. The van der Waals surface area contributed by atoms with E-state index in [4.69, 9.17) is 33.2 Å². The molecule has 0 aliphatic carbocycles. The van der Waals surface area contributed by atoms with Crippen LogP contribution >= 0.6 is 0 Å². The number of rotatable bonds is 20. The van der Waals surface area contributed by atoms with Crippen LogP contribution in [0, 0.1) is 5.41 Å². The molecule has 11 nitrogen and oxygen atoms in total. The van der Waals surface area contributed by atoms with E-state index in [1.165, 1.54) is 0 Å². The van der Waals surface area contributed by atoms with Crippen LogP contribution in [0.15, 0.2) is 85.5 Å². The van der Waals surface area contributed by atoms with E-state index in [0.717, 1.165) is 38.7 Å². The summed E-state index contributed by atoms with van der Waals surface area (Å²) in [4.78, 5) is 36.3. The molecule has 1 aliphatic heterocycles. The van der Waals surface area contributed by atoms with E-state index < -0.39 is 11.9 Å². The third-order valence-electron chi connectivity index (χ3n) is 6.97. The summed E-state index contributed by atoms with van der Waals surface area (Å²) in [6, 6.07) is 20.0. The fourth-order valence-electron chi connectivity index (χ4n) is 4.29. The largest absolute Gasteiger partial charge is 0.494 e. The molecule has 3 aromatic rings. The number of hydrogen-bond acceptors (Lipinski definition) is 10. The average Bonchev–Trinajstić information content (AvgIpc) is 3.07. The van der Waals surface area contributed by atoms with Crippen molar-refractivity contribution >= 4 is 23.5 Å². The Morgan fingerprint density at radius 2 is 1.34 bits per heavy atom. The monoisotopic (exact) mass is 647 g/mol. The lowest BCUT2D eigenvalue weighted by Crippen LogP contribution is -2.43. The highest BCUT2D eigenvalue weighted by Gasteiger charge is 2.33. The fourth-order valence-corrected chi connectivity index (χ4v) is 4.29. The minimum absolute atomic E-state index is 0.141. The Balaban J connectivity index is 1.10. The van der Waals surface area contributed by atoms with Gasteiger partial charge in [0.05, 0.1) is 45.2 Å². The molecule has 250 valence electrons. The SMILES string of the molecule is C=CC(=O)OCCOCCOc1ccc(C(=O)Nc2ccc(OC(=O)c3ccc(OCCCCOCC4(C)COC4)cc3)cc2)cc1. The van der Waals surface area contributed by atoms with Gasteiger partial charge in [-0.15, -0.1) is 0 Å². The first kappa shape index (κ1) is 35.1. The molecule has 1 aliphatic rings. The number of carbonyl (C=O) groups excluding carboxylic acids is 3. The van der Waals surface area contributed by atoms with Crippen LogP contribution < -0.4 is 19.5 Å². The van der Waals surface area contributed by atoms with Crippen molar-refractivity contribution in [1.82, 2.24) is 0 Å². The van der Waals surface area contributed by atoms with E-state index in [2.05, 4.69) is 18.8 Å². The van der Waals surface area contributed by atoms with Crippen LogP contribution in [0.4, 0.5) is 5.69 Å². The predicted octanol–water partition coefficient (Wildman–Crippen LogP) is 5.49. The van der Waals surface area contributed by atoms with Crippen LogP contribution in [0.25, 0.3) is 0 Å². The van der Waals surface area contributed by atoms with E-state index in [0.29, 0.717) is 60.5 Å². The second kappa shape index (κ2) is 18.4. The minimum atomic E-state index is -0.501. The number of ether oxygens (including phenoxy) is 7. The maximum atomic E-state index is 12.7. The standard InChI is InChI=1S/C36H41NO10/c1-3-33(38)46-23-21-41-20-22-45-31-12-6-27(7-13-31)34(39)37-29-10-16-32(17-11-29)47-35(40)28-8-14-30(15-9-28)44-19-5-4-18-42-24-36(2)25-43-26-36/h3,6-17H,1,4-5,18-26H2,2H3,(H,37,39). The maximum Gasteiger partial charge on any atom is 0.343 e. The highest BCUT2D eigenvalue weighted by atomic mass is 16.6. The van der Waals surface area contributed by atoms with Crippen LogP contribution in [0.1, 0.15) is 40.5 Å². The Kier molecular flexibility index (Phi) is 13.8. The zero-order valence-electron chi connectivity index (χ0n) is 26.6. The van der Waals surface area contributed by atoms with Gasteiger partial charge in [-0.05, 0) is 85.6 Å². The van der Waals surface area contributed by atoms with Crippen molar-refractivity contribution in [1.29, 1.82) is 0 Å². The summed E-state index contributed by atoms with van der Waals surface area (Å²) in [6.45, 7) is 9.99. The molecule has 1 amide bonds. The first-order valence-electron chi connectivity index (χ1n) is 15.5. The summed E-state index contributed by atoms with van der Waals surface area (Å²) in [7, 11) is 0. The molecule has 0 unspecified atom stereocenters. The van der Waals surface area contributed by atoms with Crippen LogP contribution in [-0.2, 0) is 23.7 Å². The molecule has 0 radical (unpaired) electrons. The predicted molar refractivity (Wildman–Crippen MR) is 174 cm³/mol. The van der Waals surface area contributed by atoms with E-state index in [1.807, 2.05) is 0 Å². The highest BCUT2D eigenvalue weighted by Crippen LogP contribution is 2.26. The molecule has 1 fully saturated rings. The van der Waals surface area contributed by atoms with E-state index in [1.54, 1.807) is 72.8 Å². The lowest BCUT2D eigenvalue weighted by atomic mass is 9.90. The van der Waals surface area contributed by atoms with Crippen LogP contribution in [0.3, 0.4) is 0 Å². The van der Waals surface area contributed by atoms with Crippen LogP contribution in [0.2, 0.25) is 0 Å². The second-order valence-electron chi connectivity index (χ2n) is 11.2. The molecule has 11 heteroatoms. The van der Waals surface area contributed by atoms with Gasteiger partial charge in [0.15, 0.2) is 0 Å². The van der Waals surface area contributed by atoms with Crippen molar-refractivity contribution in [3.05, 3.63) is 96.6 Å². The van der Waals surface area contributed by atoms with Gasteiger partial charge in [-0.2, -0.15) is 0 Å². The molecular weight excluding hydrogens is 606 g/mol. The molecule has 0 atom stereocenters. The van der Waals surface area contributed by atoms with Gasteiger partial charge in [-0.25, -0.2) is 9.59 Å². The molecule has 1 saturated heterocycles. The molecular formula is C36H41NO10. The Morgan fingerprint density at radius 3 is 1.98 bits per heavy atom. The molecule has 3 aromatic carbocycles. The molecule has 47 heavy (non-hydrogen) atoms. The Bertz CT molecular complexity index is 1430. The minimum Gasteiger partial charge on any atom is -0.494 e. The highest BCUT2D eigenvalue weighted by molar-refractivity contribution is 6.04. The lowest BCUT2D eigenvalue weighted by molar-refractivity contribution is -0.139. The number of nitrogens with one attached hydrogen (secondary N) is 1. The quantitative estimate of drug-likeness (QED) is 0.0727. The molecule has 1 N–H and O–H groups in total. The first-order valence-corrected chi connectivity index (χ1v) is 15.5. The summed E-state index contributed by atoms with van der Waals surface area (Å²) < 4.78 is 38.0. The van der Waals surface area contributed by atoms with Gasteiger partial charge in [-0.1, -0.05) is 13.5 Å². The molecule has 1 heterocycles. The molecule has 4 rings (SSSR count). The number of esters is 2. The lowest BCUT2D eigenvalue weighted by Gasteiger charge is -2.37. The van der Waals surface area contributed by atoms with Gasteiger partial charge in [-0.3, -0.25) is 4.79 Å². The Morgan fingerprint density at radius 1 is 0.745 bits per heavy atom.